The highest BCUT2D eigenvalue weighted by Crippen LogP contribution is 2.24. The van der Waals surface area contributed by atoms with E-state index in [1.54, 1.807) is 38.1 Å². The van der Waals surface area contributed by atoms with Crippen LogP contribution in [0.3, 0.4) is 0 Å². The number of nitrogens with zero attached hydrogens (tertiary/aromatic N) is 1. The number of nitro benzene ring substituents is 1. The highest BCUT2D eigenvalue weighted by atomic mass is 16.6. The van der Waals surface area contributed by atoms with Crippen LogP contribution >= 0.6 is 0 Å². The fourth-order valence-electron chi connectivity index (χ4n) is 1.71. The van der Waals surface area contributed by atoms with Crippen LogP contribution in [0.25, 0.3) is 0 Å². The molecule has 0 radical (unpaired) electrons. The number of non-ortho nitro benzene ring substituents is 1. The molecule has 0 heterocycles. The average molecular weight is 301 g/mol. The van der Waals surface area contributed by atoms with Crippen LogP contribution < -0.4 is 4.74 Å². The molecule has 0 fully saturated rings. The van der Waals surface area contributed by atoms with Crippen molar-refractivity contribution in [2.45, 2.75) is 20.0 Å². The van der Waals surface area contributed by atoms with Crippen LogP contribution in [0.2, 0.25) is 0 Å². The smallest absolute Gasteiger partial charge is 0.338 e. The third-order valence-electron chi connectivity index (χ3n) is 2.72. The molecule has 0 aliphatic carbocycles. The molecule has 114 valence electrons. The Kier molecular flexibility index (Phi) is 4.73. The molecular weight excluding hydrogens is 286 g/mol. The first kappa shape index (κ1) is 15.5. The quantitative estimate of drug-likeness (QED) is 0.474. The van der Waals surface area contributed by atoms with Crippen molar-refractivity contribution in [1.82, 2.24) is 0 Å². The zero-order chi connectivity index (χ0) is 16.1. The molecule has 2 aromatic rings. The molecule has 0 saturated carbocycles. The molecule has 6 nitrogen and oxygen atoms in total. The standard InChI is InChI=1S/C16H15NO5/c1-11(2)21-16(18)12-3-7-14(8-4-12)22-15-9-5-13(6-10-15)17(19)20/h3-11H,1-2H3. The summed E-state index contributed by atoms with van der Waals surface area (Å²) in [6, 6.07) is 12.2. The average Bonchev–Trinajstić information content (AvgIpc) is 2.48. The van der Waals surface area contributed by atoms with E-state index in [1.807, 2.05) is 0 Å². The molecule has 0 atom stereocenters. The second-order valence-corrected chi connectivity index (χ2v) is 4.83. The Morgan fingerprint density at radius 3 is 1.95 bits per heavy atom. The lowest BCUT2D eigenvalue weighted by molar-refractivity contribution is -0.384. The number of hydrogen-bond donors (Lipinski definition) is 0. The Labute approximate surface area is 127 Å². The van der Waals surface area contributed by atoms with Gasteiger partial charge in [-0.15, -0.1) is 0 Å². The van der Waals surface area contributed by atoms with Crippen molar-refractivity contribution >= 4 is 11.7 Å². The Morgan fingerprint density at radius 1 is 1.00 bits per heavy atom. The van der Waals surface area contributed by atoms with Crippen molar-refractivity contribution in [2.24, 2.45) is 0 Å². The van der Waals surface area contributed by atoms with E-state index in [9.17, 15) is 14.9 Å². The summed E-state index contributed by atoms with van der Waals surface area (Å²) >= 11 is 0. The van der Waals surface area contributed by atoms with Gasteiger partial charge in [0.1, 0.15) is 11.5 Å². The number of nitro groups is 1. The molecule has 0 aliphatic heterocycles. The van der Waals surface area contributed by atoms with Gasteiger partial charge in [-0.05, 0) is 50.2 Å². The van der Waals surface area contributed by atoms with Gasteiger partial charge < -0.3 is 9.47 Å². The molecule has 0 unspecified atom stereocenters. The molecule has 0 aliphatic rings. The predicted octanol–water partition coefficient (Wildman–Crippen LogP) is 3.95. The van der Waals surface area contributed by atoms with Crippen LogP contribution in [-0.2, 0) is 4.74 Å². The summed E-state index contributed by atoms with van der Waals surface area (Å²) in [6.07, 6.45) is -0.177. The zero-order valence-electron chi connectivity index (χ0n) is 12.2. The summed E-state index contributed by atoms with van der Waals surface area (Å²) in [5.74, 6) is 0.606. The van der Waals surface area contributed by atoms with E-state index in [-0.39, 0.29) is 11.8 Å². The second-order valence-electron chi connectivity index (χ2n) is 4.83. The summed E-state index contributed by atoms with van der Waals surface area (Å²) in [6.45, 7) is 3.56. The van der Waals surface area contributed by atoms with E-state index >= 15 is 0 Å². The first-order chi connectivity index (χ1) is 10.5. The topological polar surface area (TPSA) is 78.7 Å². The number of rotatable bonds is 5. The number of hydrogen-bond acceptors (Lipinski definition) is 5. The third kappa shape index (κ3) is 4.05. The van der Waals surface area contributed by atoms with Gasteiger partial charge in [0.15, 0.2) is 0 Å². The van der Waals surface area contributed by atoms with Gasteiger partial charge in [0.25, 0.3) is 5.69 Å². The zero-order valence-corrected chi connectivity index (χ0v) is 12.2. The Balaban J connectivity index is 2.04. The number of carbonyl (C=O) groups excluding carboxylic acids is 1. The van der Waals surface area contributed by atoms with Crippen LogP contribution in [0.15, 0.2) is 48.5 Å². The van der Waals surface area contributed by atoms with Gasteiger partial charge in [-0.25, -0.2) is 4.79 Å². The van der Waals surface area contributed by atoms with Crippen LogP contribution in [0.5, 0.6) is 11.5 Å². The minimum absolute atomic E-state index is 0.000807. The molecule has 0 spiro atoms. The first-order valence-corrected chi connectivity index (χ1v) is 6.69. The summed E-state index contributed by atoms with van der Waals surface area (Å²) in [5.41, 5.74) is 0.434. The highest BCUT2D eigenvalue weighted by molar-refractivity contribution is 5.89. The monoisotopic (exact) mass is 301 g/mol. The number of carbonyl (C=O) groups is 1. The third-order valence-corrected chi connectivity index (χ3v) is 2.72. The maximum Gasteiger partial charge on any atom is 0.338 e. The van der Waals surface area contributed by atoms with Crippen molar-refractivity contribution < 1.29 is 19.2 Å². The van der Waals surface area contributed by atoms with Crippen molar-refractivity contribution in [3.05, 3.63) is 64.2 Å². The minimum atomic E-state index is -0.473. The van der Waals surface area contributed by atoms with E-state index in [1.165, 1.54) is 24.3 Å². The molecule has 6 heteroatoms. The van der Waals surface area contributed by atoms with E-state index in [2.05, 4.69) is 0 Å². The van der Waals surface area contributed by atoms with Gasteiger partial charge in [0.2, 0.25) is 0 Å². The van der Waals surface area contributed by atoms with E-state index in [0.717, 1.165) is 0 Å². The largest absolute Gasteiger partial charge is 0.459 e. The highest BCUT2D eigenvalue weighted by Gasteiger charge is 2.09. The lowest BCUT2D eigenvalue weighted by atomic mass is 10.2. The van der Waals surface area contributed by atoms with Crippen molar-refractivity contribution in [2.75, 3.05) is 0 Å². The Bertz CT molecular complexity index is 662. The van der Waals surface area contributed by atoms with Gasteiger partial charge in [0, 0.05) is 12.1 Å². The van der Waals surface area contributed by atoms with Crippen LogP contribution in [0, 0.1) is 10.1 Å². The second kappa shape index (κ2) is 6.71. The van der Waals surface area contributed by atoms with Gasteiger partial charge >= 0.3 is 5.97 Å². The molecular formula is C16H15NO5. The summed E-state index contributed by atoms with van der Waals surface area (Å²) < 4.78 is 10.6. The normalized spacial score (nSPS) is 10.3. The molecule has 0 amide bonds. The minimum Gasteiger partial charge on any atom is -0.459 e. The molecule has 0 aromatic heterocycles. The predicted molar refractivity (Wildman–Crippen MR) is 80.2 cm³/mol. The van der Waals surface area contributed by atoms with Crippen LogP contribution in [-0.4, -0.2) is 17.0 Å². The van der Waals surface area contributed by atoms with Gasteiger partial charge in [-0.1, -0.05) is 0 Å². The summed E-state index contributed by atoms with van der Waals surface area (Å²) in [4.78, 5) is 21.8. The molecule has 2 rings (SSSR count). The summed E-state index contributed by atoms with van der Waals surface area (Å²) in [5, 5.41) is 10.6. The van der Waals surface area contributed by atoms with Gasteiger partial charge in [-0.2, -0.15) is 0 Å². The molecule has 0 bridgehead atoms. The SMILES string of the molecule is CC(C)OC(=O)c1ccc(Oc2ccc([N+](=O)[O-])cc2)cc1. The van der Waals surface area contributed by atoms with Crippen molar-refractivity contribution in [3.8, 4) is 11.5 Å². The van der Waals surface area contributed by atoms with E-state index < -0.39 is 10.9 Å². The van der Waals surface area contributed by atoms with Crippen LogP contribution in [0.1, 0.15) is 24.2 Å². The molecule has 22 heavy (non-hydrogen) atoms. The molecule has 0 saturated heterocycles. The lowest BCUT2D eigenvalue weighted by Crippen LogP contribution is -2.11. The van der Waals surface area contributed by atoms with Gasteiger partial charge in [-0.3, -0.25) is 10.1 Å². The number of ether oxygens (including phenoxy) is 2. The maximum absolute atomic E-state index is 11.7. The summed E-state index contributed by atoms with van der Waals surface area (Å²) in [7, 11) is 0. The molecule has 2 aromatic carbocycles. The Morgan fingerprint density at radius 2 is 1.50 bits per heavy atom. The fraction of sp³-hybridized carbons (Fsp3) is 0.188. The van der Waals surface area contributed by atoms with Crippen molar-refractivity contribution in [3.63, 3.8) is 0 Å². The van der Waals surface area contributed by atoms with E-state index in [4.69, 9.17) is 9.47 Å². The first-order valence-electron chi connectivity index (χ1n) is 6.69. The Hall–Kier alpha value is -2.89. The maximum atomic E-state index is 11.7. The van der Waals surface area contributed by atoms with Gasteiger partial charge in [0.05, 0.1) is 16.6 Å². The van der Waals surface area contributed by atoms with Crippen molar-refractivity contribution in [1.29, 1.82) is 0 Å². The number of esters is 1. The van der Waals surface area contributed by atoms with E-state index in [0.29, 0.717) is 17.1 Å². The lowest BCUT2D eigenvalue weighted by Gasteiger charge is -2.09. The number of benzene rings is 2. The molecule has 0 N–H and O–H groups in total. The fourth-order valence-corrected chi connectivity index (χ4v) is 1.71. The van der Waals surface area contributed by atoms with Crippen LogP contribution in [0.4, 0.5) is 5.69 Å².